The van der Waals surface area contributed by atoms with Gasteiger partial charge in [-0.2, -0.15) is 0 Å². The van der Waals surface area contributed by atoms with Crippen molar-refractivity contribution < 1.29 is 20.1 Å². The molecule has 0 aromatic carbocycles. The lowest BCUT2D eigenvalue weighted by atomic mass is 9.88. The Balaban J connectivity index is 0. The molecule has 0 amide bonds. The van der Waals surface area contributed by atoms with Gasteiger partial charge >= 0.3 is 0 Å². The maximum atomic E-state index is 9.22. The standard InChI is InChI=1S/C6H14O3.C4H5NO/c1-2-6(3-7,4-8)5-9;1-2-3-5-4-6/h7-9H,2-5H2,1H3;2H,1,3H2. The van der Waals surface area contributed by atoms with Crippen LogP contribution in [0.1, 0.15) is 13.3 Å². The second kappa shape index (κ2) is 11.1. The summed E-state index contributed by atoms with van der Waals surface area (Å²) in [6.07, 6.45) is 3.50. The van der Waals surface area contributed by atoms with Gasteiger partial charge in [0.25, 0.3) is 0 Å². The highest BCUT2D eigenvalue weighted by molar-refractivity contribution is 5.33. The fourth-order valence-corrected chi connectivity index (χ4v) is 0.587. The summed E-state index contributed by atoms with van der Waals surface area (Å²) in [5.74, 6) is 0. The van der Waals surface area contributed by atoms with Gasteiger partial charge in [-0.05, 0) is 6.42 Å². The Morgan fingerprint density at radius 2 is 1.80 bits per heavy atom. The second-order valence-electron chi connectivity index (χ2n) is 3.05. The van der Waals surface area contributed by atoms with E-state index in [1.54, 1.807) is 0 Å². The van der Waals surface area contributed by atoms with Gasteiger partial charge in [-0.25, -0.2) is 9.79 Å². The molecule has 15 heavy (non-hydrogen) atoms. The normalized spacial score (nSPS) is 9.60. The molecular weight excluding hydrogens is 198 g/mol. The van der Waals surface area contributed by atoms with Gasteiger partial charge in [0.1, 0.15) is 0 Å². The van der Waals surface area contributed by atoms with Crippen molar-refractivity contribution in [3.63, 3.8) is 0 Å². The van der Waals surface area contributed by atoms with E-state index in [9.17, 15) is 4.79 Å². The lowest BCUT2D eigenvalue weighted by Gasteiger charge is -2.24. The Morgan fingerprint density at radius 3 is 1.87 bits per heavy atom. The van der Waals surface area contributed by atoms with Crippen LogP contribution in [0.5, 0.6) is 0 Å². The van der Waals surface area contributed by atoms with E-state index in [1.807, 2.05) is 6.92 Å². The monoisotopic (exact) mass is 217 g/mol. The number of hydrogen-bond donors (Lipinski definition) is 3. The van der Waals surface area contributed by atoms with Crippen LogP contribution in [0.3, 0.4) is 0 Å². The van der Waals surface area contributed by atoms with Crippen LogP contribution < -0.4 is 0 Å². The van der Waals surface area contributed by atoms with Crippen LogP contribution in [0.2, 0.25) is 0 Å². The van der Waals surface area contributed by atoms with Crippen molar-refractivity contribution in [1.82, 2.24) is 0 Å². The predicted octanol–water partition coefficient (Wildman–Crippen LogP) is -0.132. The van der Waals surface area contributed by atoms with Crippen LogP contribution >= 0.6 is 0 Å². The predicted molar refractivity (Wildman–Crippen MR) is 57.2 cm³/mol. The molecule has 0 saturated carbocycles. The van der Waals surface area contributed by atoms with Gasteiger partial charge in [-0.3, -0.25) is 0 Å². The lowest BCUT2D eigenvalue weighted by Crippen LogP contribution is -2.32. The molecule has 0 aliphatic rings. The van der Waals surface area contributed by atoms with Gasteiger partial charge in [-0.1, -0.05) is 13.0 Å². The van der Waals surface area contributed by atoms with E-state index in [0.717, 1.165) is 0 Å². The average molecular weight is 217 g/mol. The second-order valence-corrected chi connectivity index (χ2v) is 3.05. The van der Waals surface area contributed by atoms with E-state index in [-0.39, 0.29) is 19.8 Å². The Morgan fingerprint density at radius 1 is 1.33 bits per heavy atom. The quantitative estimate of drug-likeness (QED) is 0.328. The minimum atomic E-state index is -0.667. The van der Waals surface area contributed by atoms with Crippen LogP contribution in [0.4, 0.5) is 0 Å². The molecule has 0 unspecified atom stereocenters. The van der Waals surface area contributed by atoms with E-state index in [0.29, 0.717) is 13.0 Å². The van der Waals surface area contributed by atoms with Crippen LogP contribution in [0.15, 0.2) is 17.6 Å². The highest BCUT2D eigenvalue weighted by atomic mass is 16.3. The molecule has 0 aromatic heterocycles. The van der Waals surface area contributed by atoms with E-state index in [2.05, 4.69) is 11.6 Å². The number of aliphatic imine (C=N–C) groups is 1. The van der Waals surface area contributed by atoms with Crippen molar-refractivity contribution in [2.45, 2.75) is 13.3 Å². The minimum Gasteiger partial charge on any atom is -0.396 e. The molecule has 0 fully saturated rings. The number of aliphatic hydroxyl groups excluding tert-OH is 3. The lowest BCUT2D eigenvalue weighted by molar-refractivity contribution is 0.00304. The molecule has 5 nitrogen and oxygen atoms in total. The van der Waals surface area contributed by atoms with Crippen molar-refractivity contribution in [1.29, 1.82) is 0 Å². The number of aliphatic hydroxyl groups is 3. The smallest absolute Gasteiger partial charge is 0.235 e. The zero-order valence-corrected chi connectivity index (χ0v) is 9.02. The molecule has 0 aliphatic heterocycles. The number of nitrogens with zero attached hydrogens (tertiary/aromatic N) is 1. The molecule has 0 rings (SSSR count). The summed E-state index contributed by atoms with van der Waals surface area (Å²) in [5.41, 5.74) is -0.667. The van der Waals surface area contributed by atoms with Crippen molar-refractivity contribution in [2.24, 2.45) is 10.4 Å². The number of hydrogen-bond acceptors (Lipinski definition) is 5. The molecule has 0 aromatic rings. The molecule has 0 radical (unpaired) electrons. The SMILES string of the molecule is C=CCN=C=O.CCC(CO)(CO)CO. The van der Waals surface area contributed by atoms with E-state index < -0.39 is 5.41 Å². The summed E-state index contributed by atoms with van der Waals surface area (Å²) in [4.78, 5) is 12.4. The first-order chi connectivity index (χ1) is 7.16. The summed E-state index contributed by atoms with van der Waals surface area (Å²) >= 11 is 0. The Hall–Kier alpha value is -1.00. The zero-order chi connectivity index (χ0) is 12.2. The van der Waals surface area contributed by atoms with E-state index >= 15 is 0 Å². The zero-order valence-electron chi connectivity index (χ0n) is 9.02. The summed E-state index contributed by atoms with van der Waals surface area (Å²) in [6, 6.07) is 0. The van der Waals surface area contributed by atoms with Gasteiger partial charge in [0.2, 0.25) is 6.08 Å². The first-order valence-electron chi connectivity index (χ1n) is 4.63. The molecular formula is C10H19NO4. The molecule has 5 heteroatoms. The molecule has 0 bridgehead atoms. The van der Waals surface area contributed by atoms with Gasteiger partial charge in [0, 0.05) is 5.41 Å². The highest BCUT2D eigenvalue weighted by Crippen LogP contribution is 2.18. The highest BCUT2D eigenvalue weighted by Gasteiger charge is 2.24. The van der Waals surface area contributed by atoms with Crippen molar-refractivity contribution in [3.05, 3.63) is 12.7 Å². The molecule has 3 N–H and O–H groups in total. The summed E-state index contributed by atoms with van der Waals surface area (Å²) < 4.78 is 0. The van der Waals surface area contributed by atoms with Crippen molar-refractivity contribution in [3.8, 4) is 0 Å². The summed E-state index contributed by atoms with van der Waals surface area (Å²) in [7, 11) is 0. The van der Waals surface area contributed by atoms with Crippen LogP contribution in [-0.2, 0) is 4.79 Å². The third-order valence-corrected chi connectivity index (χ3v) is 2.04. The van der Waals surface area contributed by atoms with Crippen LogP contribution in [-0.4, -0.2) is 47.8 Å². The molecule has 0 aliphatic carbocycles. The van der Waals surface area contributed by atoms with Gasteiger partial charge < -0.3 is 15.3 Å². The first kappa shape index (κ1) is 16.4. The van der Waals surface area contributed by atoms with E-state index in [1.165, 1.54) is 12.2 Å². The topological polar surface area (TPSA) is 90.1 Å². The average Bonchev–Trinajstić information content (AvgIpc) is 2.31. The molecule has 88 valence electrons. The molecule has 0 spiro atoms. The van der Waals surface area contributed by atoms with Crippen LogP contribution in [0, 0.1) is 5.41 Å². The maximum absolute atomic E-state index is 9.22. The summed E-state index contributed by atoms with van der Waals surface area (Å²) in [6.45, 7) is 5.06. The van der Waals surface area contributed by atoms with Gasteiger partial charge in [-0.15, -0.1) is 6.58 Å². The van der Waals surface area contributed by atoms with Crippen molar-refractivity contribution >= 4 is 6.08 Å². The molecule has 0 atom stereocenters. The van der Waals surface area contributed by atoms with E-state index in [4.69, 9.17) is 15.3 Å². The first-order valence-corrected chi connectivity index (χ1v) is 4.63. The Labute approximate surface area is 89.8 Å². The number of rotatable bonds is 6. The third-order valence-electron chi connectivity index (χ3n) is 2.04. The largest absolute Gasteiger partial charge is 0.396 e. The Kier molecular flexibility index (Phi) is 12.1. The fraction of sp³-hybridized carbons (Fsp3) is 0.700. The Bertz CT molecular complexity index is 178. The summed E-state index contributed by atoms with van der Waals surface area (Å²) in [5, 5.41) is 26.0. The minimum absolute atomic E-state index is 0.156. The fourth-order valence-electron chi connectivity index (χ4n) is 0.587. The number of isocyanates is 1. The van der Waals surface area contributed by atoms with Gasteiger partial charge in [0.05, 0.1) is 26.4 Å². The molecule has 0 heterocycles. The number of carbonyl (C=O) groups excluding carboxylic acids is 1. The van der Waals surface area contributed by atoms with Crippen LogP contribution in [0.25, 0.3) is 0 Å². The maximum Gasteiger partial charge on any atom is 0.235 e. The van der Waals surface area contributed by atoms with Gasteiger partial charge in [0.15, 0.2) is 0 Å². The molecule has 0 saturated heterocycles. The third kappa shape index (κ3) is 8.03. The van der Waals surface area contributed by atoms with Crippen molar-refractivity contribution in [2.75, 3.05) is 26.4 Å².